The predicted octanol–water partition coefficient (Wildman–Crippen LogP) is 6.68. The second kappa shape index (κ2) is 14.6. The number of carboxylic acid groups (broad SMARTS) is 1. The van der Waals surface area contributed by atoms with E-state index in [4.69, 9.17) is 19.0 Å². The van der Waals surface area contributed by atoms with E-state index in [1.807, 2.05) is 30.3 Å². The van der Waals surface area contributed by atoms with Gasteiger partial charge in [-0.2, -0.15) is 0 Å². The fourth-order valence-electron chi connectivity index (χ4n) is 4.67. The van der Waals surface area contributed by atoms with Crippen LogP contribution < -0.4 is 10.1 Å². The van der Waals surface area contributed by atoms with Crippen molar-refractivity contribution in [2.24, 2.45) is 5.92 Å². The highest BCUT2D eigenvalue weighted by atomic mass is 16.5. The van der Waals surface area contributed by atoms with E-state index in [9.17, 15) is 9.59 Å². The molecule has 39 heavy (non-hydrogen) atoms. The van der Waals surface area contributed by atoms with Crippen molar-refractivity contribution in [3.63, 3.8) is 0 Å². The van der Waals surface area contributed by atoms with Crippen molar-refractivity contribution in [3.8, 4) is 5.75 Å². The SMILES string of the molecule is CCCCCC(C)C(Nc1ccc(C(=O)N(C)CCC(=O)O)cc1)c1oc2ccc(OCCOC)cc2c1C. The molecular weight excluding hydrogens is 496 g/mol. The number of unbranched alkanes of at least 4 members (excludes halogenated alkanes) is 2. The molecule has 0 fully saturated rings. The summed E-state index contributed by atoms with van der Waals surface area (Å²) in [5, 5.41) is 13.6. The van der Waals surface area contributed by atoms with Gasteiger partial charge >= 0.3 is 5.97 Å². The maximum absolute atomic E-state index is 12.7. The van der Waals surface area contributed by atoms with Crippen molar-refractivity contribution in [3.05, 3.63) is 59.4 Å². The lowest BCUT2D eigenvalue weighted by molar-refractivity contribution is -0.137. The van der Waals surface area contributed by atoms with Gasteiger partial charge in [-0.1, -0.05) is 33.1 Å². The van der Waals surface area contributed by atoms with Gasteiger partial charge in [0.15, 0.2) is 0 Å². The Labute approximate surface area is 231 Å². The normalized spacial score (nSPS) is 12.7. The molecule has 0 bridgehead atoms. The van der Waals surface area contributed by atoms with Gasteiger partial charge in [-0.25, -0.2) is 0 Å². The maximum Gasteiger partial charge on any atom is 0.305 e. The van der Waals surface area contributed by atoms with E-state index in [0.29, 0.717) is 24.7 Å². The number of fused-ring (bicyclic) bond motifs is 1. The number of nitrogens with one attached hydrogen (secondary N) is 1. The number of furan rings is 1. The number of aryl methyl sites for hydroxylation is 1. The highest BCUT2D eigenvalue weighted by molar-refractivity contribution is 5.94. The zero-order chi connectivity index (χ0) is 28.4. The quantitative estimate of drug-likeness (QED) is 0.196. The van der Waals surface area contributed by atoms with Crippen LogP contribution in [0.15, 0.2) is 46.9 Å². The Kier molecular flexibility index (Phi) is 11.2. The topological polar surface area (TPSA) is 101 Å². The summed E-state index contributed by atoms with van der Waals surface area (Å²) in [5.74, 6) is 0.852. The number of carbonyl (C=O) groups excluding carboxylic acids is 1. The minimum Gasteiger partial charge on any atom is -0.491 e. The number of carboxylic acids is 1. The Balaban J connectivity index is 1.84. The van der Waals surface area contributed by atoms with Crippen LogP contribution in [-0.2, 0) is 9.53 Å². The van der Waals surface area contributed by atoms with Crippen molar-refractivity contribution in [1.29, 1.82) is 0 Å². The Bertz CT molecular complexity index is 1220. The number of amides is 1. The number of anilines is 1. The van der Waals surface area contributed by atoms with Crippen LogP contribution in [0, 0.1) is 12.8 Å². The highest BCUT2D eigenvalue weighted by Crippen LogP contribution is 2.38. The number of hydrogen-bond donors (Lipinski definition) is 2. The molecule has 0 aliphatic carbocycles. The fourth-order valence-corrected chi connectivity index (χ4v) is 4.67. The smallest absolute Gasteiger partial charge is 0.305 e. The number of ether oxygens (including phenoxy) is 2. The molecule has 0 saturated carbocycles. The van der Waals surface area contributed by atoms with Gasteiger partial charge in [0.05, 0.1) is 19.1 Å². The van der Waals surface area contributed by atoms with Crippen LogP contribution in [0.4, 0.5) is 5.69 Å². The monoisotopic (exact) mass is 538 g/mol. The summed E-state index contributed by atoms with van der Waals surface area (Å²) in [5.41, 5.74) is 3.30. The molecule has 2 atom stereocenters. The average molecular weight is 539 g/mol. The van der Waals surface area contributed by atoms with Gasteiger partial charge in [0.25, 0.3) is 5.91 Å². The van der Waals surface area contributed by atoms with Crippen LogP contribution >= 0.6 is 0 Å². The Hall–Kier alpha value is -3.52. The molecule has 0 saturated heterocycles. The molecule has 2 unspecified atom stereocenters. The predicted molar refractivity (Wildman–Crippen MR) is 154 cm³/mol. The van der Waals surface area contributed by atoms with Crippen molar-refractivity contribution in [1.82, 2.24) is 4.90 Å². The van der Waals surface area contributed by atoms with Gasteiger partial charge in [0.2, 0.25) is 0 Å². The lowest BCUT2D eigenvalue weighted by Gasteiger charge is -2.25. The number of benzene rings is 2. The summed E-state index contributed by atoms with van der Waals surface area (Å²) < 4.78 is 17.3. The van der Waals surface area contributed by atoms with Crippen LogP contribution in [0.3, 0.4) is 0 Å². The number of nitrogens with zero attached hydrogens (tertiary/aromatic N) is 1. The van der Waals surface area contributed by atoms with Crippen molar-refractivity contribution in [2.75, 3.05) is 39.2 Å². The van der Waals surface area contributed by atoms with Gasteiger partial charge in [0, 0.05) is 42.9 Å². The molecule has 1 heterocycles. The number of aliphatic carboxylic acids is 1. The molecule has 3 rings (SSSR count). The summed E-state index contributed by atoms with van der Waals surface area (Å²) in [6.07, 6.45) is 4.46. The second-order valence-electron chi connectivity index (χ2n) is 10.1. The van der Waals surface area contributed by atoms with E-state index < -0.39 is 5.97 Å². The third-order valence-corrected chi connectivity index (χ3v) is 7.08. The first-order valence-electron chi connectivity index (χ1n) is 13.7. The summed E-state index contributed by atoms with van der Waals surface area (Å²) in [6.45, 7) is 7.71. The maximum atomic E-state index is 12.7. The van der Waals surface area contributed by atoms with E-state index in [1.165, 1.54) is 11.3 Å². The molecule has 2 aromatic carbocycles. The Morgan fingerprint density at radius 1 is 1.10 bits per heavy atom. The molecule has 0 aliphatic heterocycles. The number of hydrogen-bond acceptors (Lipinski definition) is 6. The Morgan fingerprint density at radius 3 is 2.51 bits per heavy atom. The van der Waals surface area contributed by atoms with Crippen molar-refractivity contribution < 1.29 is 28.6 Å². The summed E-state index contributed by atoms with van der Waals surface area (Å²) in [4.78, 5) is 25.0. The molecule has 8 nitrogen and oxygen atoms in total. The summed E-state index contributed by atoms with van der Waals surface area (Å²) in [7, 11) is 3.27. The van der Waals surface area contributed by atoms with Crippen molar-refractivity contribution >= 4 is 28.5 Å². The first-order valence-corrected chi connectivity index (χ1v) is 13.7. The van der Waals surface area contributed by atoms with E-state index in [0.717, 1.165) is 53.0 Å². The zero-order valence-electron chi connectivity index (χ0n) is 23.8. The second-order valence-corrected chi connectivity index (χ2v) is 10.1. The van der Waals surface area contributed by atoms with E-state index in [2.05, 4.69) is 26.1 Å². The molecule has 1 amide bonds. The molecule has 8 heteroatoms. The minimum atomic E-state index is -0.927. The molecule has 2 N–H and O–H groups in total. The molecule has 212 valence electrons. The van der Waals surface area contributed by atoms with E-state index in [-0.39, 0.29) is 24.9 Å². The Morgan fingerprint density at radius 2 is 1.85 bits per heavy atom. The highest BCUT2D eigenvalue weighted by Gasteiger charge is 2.26. The van der Waals surface area contributed by atoms with Gasteiger partial charge in [-0.15, -0.1) is 0 Å². The van der Waals surface area contributed by atoms with E-state index in [1.54, 1.807) is 26.3 Å². The molecule has 0 spiro atoms. The molecule has 3 aromatic rings. The fraction of sp³-hybridized carbons (Fsp3) is 0.484. The van der Waals surface area contributed by atoms with Crippen LogP contribution in [0.5, 0.6) is 5.75 Å². The summed E-state index contributed by atoms with van der Waals surface area (Å²) in [6, 6.07) is 13.2. The largest absolute Gasteiger partial charge is 0.491 e. The summed E-state index contributed by atoms with van der Waals surface area (Å²) >= 11 is 0. The average Bonchev–Trinajstić information content (AvgIpc) is 3.25. The van der Waals surface area contributed by atoms with Crippen LogP contribution in [0.2, 0.25) is 0 Å². The number of methoxy groups -OCH3 is 1. The molecule has 0 aliphatic rings. The minimum absolute atomic E-state index is 0.0630. The van der Waals surface area contributed by atoms with Gasteiger partial charge in [-0.3, -0.25) is 9.59 Å². The lowest BCUT2D eigenvalue weighted by Crippen LogP contribution is -2.29. The van der Waals surface area contributed by atoms with E-state index >= 15 is 0 Å². The van der Waals surface area contributed by atoms with Crippen molar-refractivity contribution in [2.45, 2.75) is 58.9 Å². The molecule has 0 radical (unpaired) electrons. The molecule has 1 aromatic heterocycles. The number of rotatable bonds is 16. The standard InChI is InChI=1S/C31H42N2O6/c1-6-7-8-9-21(2)29(30-22(3)26-20-25(38-19-18-37-5)14-15-27(26)39-30)32-24-12-10-23(11-13-24)31(36)33(4)17-16-28(34)35/h10-15,20-21,29,32H,6-9,16-19H2,1-5H3,(H,34,35). The van der Waals surface area contributed by atoms with Crippen LogP contribution in [0.1, 0.15) is 73.7 Å². The third kappa shape index (κ3) is 8.23. The van der Waals surface area contributed by atoms with Crippen LogP contribution in [0.25, 0.3) is 11.0 Å². The van der Waals surface area contributed by atoms with Gasteiger partial charge in [-0.05, 0) is 61.7 Å². The molecular formula is C31H42N2O6. The van der Waals surface area contributed by atoms with Crippen LogP contribution in [-0.4, -0.2) is 55.8 Å². The van der Waals surface area contributed by atoms with Gasteiger partial charge in [0.1, 0.15) is 23.7 Å². The third-order valence-electron chi connectivity index (χ3n) is 7.08. The first kappa shape index (κ1) is 30.0. The van der Waals surface area contributed by atoms with Gasteiger partial charge < -0.3 is 29.2 Å². The number of carbonyl (C=O) groups is 2. The zero-order valence-corrected chi connectivity index (χ0v) is 23.8. The first-order chi connectivity index (χ1) is 18.7. The lowest BCUT2D eigenvalue weighted by atomic mass is 9.91.